The Morgan fingerprint density at radius 1 is 0.618 bits per heavy atom. The lowest BCUT2D eigenvalue weighted by atomic mass is 9.96. The smallest absolute Gasteiger partial charge is 0.187 e. The standard InChI is InChI=1S/C18H34O16/c19-1-5(23)9(25)15(6(24)2-20)33-18-14(30)12(28)16(8(4-22)32-18)34-17-13(29)11(27)10(26)7(3-21)31-17/h5-30H,1-4H2/t5-,6+,7?,8?,9+,10+,11+,12-,13?,14?,15?,16+,17+,18+/m0/s1. The largest absolute Gasteiger partial charge is 0.394 e. The summed E-state index contributed by atoms with van der Waals surface area (Å²) in [5, 5.41) is 118. The molecule has 2 fully saturated rings. The zero-order chi connectivity index (χ0) is 25.7. The number of hydrogen-bond donors (Lipinski definition) is 12. The molecule has 2 rings (SSSR count). The van der Waals surface area contributed by atoms with Gasteiger partial charge in [-0.2, -0.15) is 0 Å². The Morgan fingerprint density at radius 3 is 1.68 bits per heavy atom. The maximum Gasteiger partial charge on any atom is 0.187 e. The van der Waals surface area contributed by atoms with Crippen LogP contribution in [0.25, 0.3) is 0 Å². The first-order chi connectivity index (χ1) is 16.0. The zero-order valence-electron chi connectivity index (χ0n) is 17.9. The average molecular weight is 506 g/mol. The lowest BCUT2D eigenvalue weighted by molar-refractivity contribution is -0.367. The maximum atomic E-state index is 10.6. The van der Waals surface area contributed by atoms with Gasteiger partial charge in [0.2, 0.25) is 0 Å². The third kappa shape index (κ3) is 6.37. The minimum Gasteiger partial charge on any atom is -0.394 e. The van der Waals surface area contributed by atoms with E-state index in [2.05, 4.69) is 0 Å². The lowest BCUT2D eigenvalue weighted by Gasteiger charge is -2.46. The Kier molecular flexibility index (Phi) is 11.4. The minimum absolute atomic E-state index is 0.757. The molecule has 0 radical (unpaired) electrons. The van der Waals surface area contributed by atoms with Gasteiger partial charge in [0.05, 0.1) is 26.4 Å². The molecule has 2 saturated heterocycles. The zero-order valence-corrected chi connectivity index (χ0v) is 17.9. The van der Waals surface area contributed by atoms with E-state index in [0.717, 1.165) is 0 Å². The second-order valence-corrected chi connectivity index (χ2v) is 8.10. The van der Waals surface area contributed by atoms with Gasteiger partial charge in [-0.15, -0.1) is 0 Å². The van der Waals surface area contributed by atoms with Crippen LogP contribution in [0.5, 0.6) is 0 Å². The summed E-state index contributed by atoms with van der Waals surface area (Å²) in [5.74, 6) is 0. The number of rotatable bonds is 11. The molecule has 0 aromatic heterocycles. The fourth-order valence-corrected chi connectivity index (χ4v) is 3.65. The molecule has 0 bridgehead atoms. The molecule has 16 nitrogen and oxygen atoms in total. The summed E-state index contributed by atoms with van der Waals surface area (Å²) in [6.45, 7) is -3.52. The molecule has 16 heteroatoms. The topological polar surface area (TPSA) is 280 Å². The van der Waals surface area contributed by atoms with Gasteiger partial charge in [0, 0.05) is 0 Å². The van der Waals surface area contributed by atoms with Gasteiger partial charge in [-0.1, -0.05) is 0 Å². The monoisotopic (exact) mass is 506 g/mol. The summed E-state index contributed by atoms with van der Waals surface area (Å²) in [5.41, 5.74) is 0. The van der Waals surface area contributed by atoms with Crippen molar-refractivity contribution in [3.63, 3.8) is 0 Å². The second kappa shape index (κ2) is 13.1. The van der Waals surface area contributed by atoms with Gasteiger partial charge in [-0.25, -0.2) is 0 Å². The highest BCUT2D eigenvalue weighted by atomic mass is 16.7. The van der Waals surface area contributed by atoms with Crippen molar-refractivity contribution >= 4 is 0 Å². The van der Waals surface area contributed by atoms with E-state index in [0.29, 0.717) is 0 Å². The van der Waals surface area contributed by atoms with Crippen LogP contribution in [-0.4, -0.2) is 174 Å². The molecule has 0 aromatic carbocycles. The summed E-state index contributed by atoms with van der Waals surface area (Å²) in [4.78, 5) is 0. The molecule has 5 unspecified atom stereocenters. The highest BCUT2D eigenvalue weighted by Gasteiger charge is 2.51. The molecule has 0 spiro atoms. The number of hydrogen-bond acceptors (Lipinski definition) is 16. The fourth-order valence-electron chi connectivity index (χ4n) is 3.65. The molecule has 2 heterocycles. The molecule has 12 N–H and O–H groups in total. The van der Waals surface area contributed by atoms with Crippen molar-refractivity contribution in [1.29, 1.82) is 0 Å². The van der Waals surface area contributed by atoms with Crippen LogP contribution in [0.2, 0.25) is 0 Å². The van der Waals surface area contributed by atoms with Crippen molar-refractivity contribution in [2.45, 2.75) is 85.8 Å². The predicted octanol–water partition coefficient (Wildman–Crippen LogP) is -7.94. The van der Waals surface area contributed by atoms with E-state index in [1.165, 1.54) is 0 Å². The molecule has 202 valence electrons. The van der Waals surface area contributed by atoms with Crippen molar-refractivity contribution in [1.82, 2.24) is 0 Å². The molecular weight excluding hydrogens is 472 g/mol. The van der Waals surface area contributed by atoms with Crippen LogP contribution in [0.3, 0.4) is 0 Å². The number of aliphatic hydroxyl groups is 12. The van der Waals surface area contributed by atoms with Crippen molar-refractivity contribution in [2.24, 2.45) is 0 Å². The summed E-state index contributed by atoms with van der Waals surface area (Å²) >= 11 is 0. The second-order valence-electron chi connectivity index (χ2n) is 8.10. The first kappa shape index (κ1) is 29.6. The van der Waals surface area contributed by atoms with Crippen LogP contribution in [0, 0.1) is 0 Å². The van der Waals surface area contributed by atoms with Crippen LogP contribution < -0.4 is 0 Å². The minimum atomic E-state index is -1.98. The molecule has 2 aliphatic rings. The Morgan fingerprint density at radius 2 is 1.15 bits per heavy atom. The third-order valence-corrected chi connectivity index (χ3v) is 5.74. The quantitative estimate of drug-likeness (QED) is 0.124. The van der Waals surface area contributed by atoms with Crippen molar-refractivity contribution in [3.05, 3.63) is 0 Å². The molecule has 14 atom stereocenters. The molecule has 0 aromatic rings. The fraction of sp³-hybridized carbons (Fsp3) is 1.00. The first-order valence-electron chi connectivity index (χ1n) is 10.5. The van der Waals surface area contributed by atoms with Gasteiger partial charge in [0.25, 0.3) is 0 Å². The van der Waals surface area contributed by atoms with E-state index in [1.54, 1.807) is 0 Å². The van der Waals surface area contributed by atoms with Gasteiger partial charge in [-0.3, -0.25) is 0 Å². The van der Waals surface area contributed by atoms with E-state index in [-0.39, 0.29) is 0 Å². The van der Waals surface area contributed by atoms with Crippen molar-refractivity contribution in [2.75, 3.05) is 26.4 Å². The summed E-state index contributed by atoms with van der Waals surface area (Å²) in [7, 11) is 0. The van der Waals surface area contributed by atoms with Gasteiger partial charge in [0.1, 0.15) is 73.2 Å². The van der Waals surface area contributed by atoms with Crippen LogP contribution in [0.4, 0.5) is 0 Å². The highest BCUT2D eigenvalue weighted by molar-refractivity contribution is 4.95. The normalized spacial score (nSPS) is 42.7. The van der Waals surface area contributed by atoms with Gasteiger partial charge in [-0.05, 0) is 0 Å². The van der Waals surface area contributed by atoms with Crippen LogP contribution >= 0.6 is 0 Å². The van der Waals surface area contributed by atoms with Gasteiger partial charge >= 0.3 is 0 Å². The SMILES string of the molecule is OCC1O[C@H](O[C@@H]2C(CO)O[C@H](OC([C@H](O)CO)[C@H](O)[C@@H](O)CO)C(O)[C@@H]2O)C(O)[C@H](O)[C@@H]1O. The Balaban J connectivity index is 2.17. The predicted molar refractivity (Wildman–Crippen MR) is 103 cm³/mol. The van der Waals surface area contributed by atoms with Gasteiger partial charge in [0.15, 0.2) is 12.6 Å². The van der Waals surface area contributed by atoms with Crippen molar-refractivity contribution < 1.29 is 80.2 Å². The molecule has 34 heavy (non-hydrogen) atoms. The Labute approximate surface area is 193 Å². The van der Waals surface area contributed by atoms with Crippen molar-refractivity contribution in [3.8, 4) is 0 Å². The van der Waals surface area contributed by atoms with E-state index in [1.807, 2.05) is 0 Å². The summed E-state index contributed by atoms with van der Waals surface area (Å²) in [6.07, 6.45) is -24.7. The first-order valence-corrected chi connectivity index (χ1v) is 10.5. The van der Waals surface area contributed by atoms with E-state index >= 15 is 0 Å². The third-order valence-electron chi connectivity index (χ3n) is 5.74. The molecule has 2 aliphatic heterocycles. The lowest BCUT2D eigenvalue weighted by Crippen LogP contribution is -2.65. The summed E-state index contributed by atoms with van der Waals surface area (Å²) in [6, 6.07) is 0. The van der Waals surface area contributed by atoms with Crippen LogP contribution in [0.15, 0.2) is 0 Å². The average Bonchev–Trinajstić information content (AvgIpc) is 2.84. The number of aliphatic hydroxyl groups excluding tert-OH is 12. The molecule has 0 amide bonds. The van der Waals surface area contributed by atoms with E-state index in [9.17, 15) is 56.2 Å². The van der Waals surface area contributed by atoms with E-state index in [4.69, 9.17) is 24.1 Å². The highest BCUT2D eigenvalue weighted by Crippen LogP contribution is 2.30. The number of ether oxygens (including phenoxy) is 4. The Bertz CT molecular complexity index is 594. The Hall–Kier alpha value is -0.640. The molecule has 0 aliphatic carbocycles. The van der Waals surface area contributed by atoms with Gasteiger partial charge < -0.3 is 80.2 Å². The maximum absolute atomic E-state index is 10.6. The summed E-state index contributed by atoms with van der Waals surface area (Å²) < 4.78 is 21.2. The molecular formula is C18H34O16. The van der Waals surface area contributed by atoms with Crippen LogP contribution in [-0.2, 0) is 18.9 Å². The van der Waals surface area contributed by atoms with Crippen LogP contribution in [0.1, 0.15) is 0 Å². The molecule has 0 saturated carbocycles. The van der Waals surface area contributed by atoms with E-state index < -0.39 is 112 Å².